The summed E-state index contributed by atoms with van der Waals surface area (Å²) >= 11 is 1.00. The van der Waals surface area contributed by atoms with Crippen molar-refractivity contribution in [3.8, 4) is 6.07 Å². The first-order valence-electron chi connectivity index (χ1n) is 8.38. The van der Waals surface area contributed by atoms with Gasteiger partial charge in [0.15, 0.2) is 0 Å². The van der Waals surface area contributed by atoms with Crippen LogP contribution in [0.15, 0.2) is 10.5 Å². The van der Waals surface area contributed by atoms with E-state index >= 15 is 0 Å². The molecule has 0 aromatic heterocycles. The van der Waals surface area contributed by atoms with Gasteiger partial charge in [0.05, 0.1) is 17.4 Å². The fourth-order valence-corrected chi connectivity index (χ4v) is 5.01. The highest BCUT2D eigenvalue weighted by Gasteiger charge is 2.61. The van der Waals surface area contributed by atoms with Crippen LogP contribution in [0.1, 0.15) is 40.0 Å². The lowest BCUT2D eigenvalue weighted by molar-refractivity contribution is -0.274. The minimum Gasteiger partial charge on any atom is -0.341 e. The van der Waals surface area contributed by atoms with Crippen molar-refractivity contribution in [1.82, 2.24) is 5.32 Å². The molecule has 0 aromatic rings. The smallest absolute Gasteiger partial charge is 0.341 e. The molecule has 10 heteroatoms. The number of amides is 1. The molecule has 1 N–H and O–H groups in total. The van der Waals surface area contributed by atoms with E-state index < -0.39 is 35.5 Å². The lowest BCUT2D eigenvalue weighted by atomic mass is 9.72. The Morgan fingerprint density at radius 3 is 2.19 bits per heavy atom. The predicted molar refractivity (Wildman–Crippen MR) is 88.0 cm³/mol. The standard InChI is InChI=1S/C17H20F6N2OS/c1-15(2,3)8-4-5-9-10(7-24)14(27-11(9)6-8)25-13(26)12(16(18,19)20)17(21,22)23/h8,10,12,14H,4-6H2,1-3H3,(H,25,26). The molecule has 152 valence electrons. The molecule has 2 aliphatic rings. The molecule has 3 atom stereocenters. The van der Waals surface area contributed by atoms with Crippen molar-refractivity contribution in [3.05, 3.63) is 10.5 Å². The minimum atomic E-state index is -5.75. The molecule has 1 heterocycles. The Hall–Kier alpha value is -1.37. The zero-order chi connectivity index (χ0) is 20.8. The van der Waals surface area contributed by atoms with E-state index in [0.717, 1.165) is 28.7 Å². The number of thioether (sulfide) groups is 1. The van der Waals surface area contributed by atoms with Crippen LogP contribution >= 0.6 is 11.8 Å². The average Bonchev–Trinajstić information content (AvgIpc) is 2.78. The Bertz CT molecular complexity index is 657. The fourth-order valence-electron chi connectivity index (χ4n) is 3.49. The number of nitrogens with zero attached hydrogens (tertiary/aromatic N) is 1. The third-order valence-electron chi connectivity index (χ3n) is 5.06. The van der Waals surface area contributed by atoms with Gasteiger partial charge >= 0.3 is 12.4 Å². The first-order chi connectivity index (χ1) is 12.2. The lowest BCUT2D eigenvalue weighted by Crippen LogP contribution is -2.50. The number of nitrogens with one attached hydrogen (secondary N) is 1. The van der Waals surface area contributed by atoms with E-state index in [1.165, 1.54) is 0 Å². The van der Waals surface area contributed by atoms with Crippen LogP contribution < -0.4 is 5.32 Å². The van der Waals surface area contributed by atoms with E-state index in [-0.39, 0.29) is 11.3 Å². The van der Waals surface area contributed by atoms with Gasteiger partial charge in [-0.15, -0.1) is 11.8 Å². The SMILES string of the molecule is CC(C)(C)C1CCC2=C(C1)SC(NC(=O)C(C(F)(F)F)C(F)(F)F)C2C#N. The summed E-state index contributed by atoms with van der Waals surface area (Å²) in [7, 11) is 0. The van der Waals surface area contributed by atoms with Crippen LogP contribution in [0.25, 0.3) is 0 Å². The summed E-state index contributed by atoms with van der Waals surface area (Å²) in [6.45, 7) is 6.17. The van der Waals surface area contributed by atoms with Crippen molar-refractivity contribution in [2.24, 2.45) is 23.2 Å². The lowest BCUT2D eigenvalue weighted by Gasteiger charge is -2.34. The van der Waals surface area contributed by atoms with E-state index in [9.17, 15) is 36.4 Å². The molecule has 3 unspecified atom stereocenters. The van der Waals surface area contributed by atoms with Crippen molar-refractivity contribution in [2.45, 2.75) is 57.8 Å². The summed E-state index contributed by atoms with van der Waals surface area (Å²) in [5, 5.41) is 10.1. The van der Waals surface area contributed by atoms with Crippen LogP contribution in [-0.2, 0) is 4.79 Å². The Morgan fingerprint density at radius 1 is 1.19 bits per heavy atom. The topological polar surface area (TPSA) is 52.9 Å². The Balaban J connectivity index is 2.18. The number of hydrogen-bond donors (Lipinski definition) is 1. The summed E-state index contributed by atoms with van der Waals surface area (Å²) < 4.78 is 76.4. The summed E-state index contributed by atoms with van der Waals surface area (Å²) in [5.74, 6) is -6.91. The van der Waals surface area contributed by atoms with Crippen LogP contribution in [0.5, 0.6) is 0 Å². The average molecular weight is 414 g/mol. The van der Waals surface area contributed by atoms with Crippen LogP contribution in [-0.4, -0.2) is 23.6 Å². The maximum atomic E-state index is 12.7. The highest BCUT2D eigenvalue weighted by Crippen LogP contribution is 2.52. The second kappa shape index (κ2) is 7.22. The van der Waals surface area contributed by atoms with Crippen LogP contribution in [0.2, 0.25) is 0 Å². The molecular weight excluding hydrogens is 394 g/mol. The van der Waals surface area contributed by atoms with Gasteiger partial charge in [-0.05, 0) is 41.1 Å². The van der Waals surface area contributed by atoms with Crippen molar-refractivity contribution in [3.63, 3.8) is 0 Å². The molecule has 3 nitrogen and oxygen atoms in total. The Morgan fingerprint density at radius 2 is 1.74 bits per heavy atom. The molecule has 1 aliphatic carbocycles. The summed E-state index contributed by atoms with van der Waals surface area (Å²) in [6, 6.07) is 1.93. The molecular formula is C17H20F6N2OS. The molecule has 2 rings (SSSR count). The third kappa shape index (κ3) is 4.73. The summed E-state index contributed by atoms with van der Waals surface area (Å²) in [6.07, 6.45) is -9.56. The molecule has 0 bridgehead atoms. The zero-order valence-electron chi connectivity index (χ0n) is 15.0. The Labute approximate surface area is 157 Å². The zero-order valence-corrected chi connectivity index (χ0v) is 15.8. The van der Waals surface area contributed by atoms with Gasteiger partial charge in [-0.25, -0.2) is 0 Å². The quantitative estimate of drug-likeness (QED) is 0.636. The van der Waals surface area contributed by atoms with E-state index in [1.807, 2.05) is 11.4 Å². The molecule has 0 saturated carbocycles. The fraction of sp³-hybridized carbons (Fsp3) is 0.765. The van der Waals surface area contributed by atoms with E-state index in [1.54, 1.807) is 0 Å². The molecule has 0 radical (unpaired) electrons. The predicted octanol–water partition coefficient (Wildman–Crippen LogP) is 5.16. The second-order valence-electron chi connectivity index (χ2n) is 7.92. The van der Waals surface area contributed by atoms with Crippen molar-refractivity contribution >= 4 is 17.7 Å². The maximum absolute atomic E-state index is 12.7. The number of carbonyl (C=O) groups is 1. The molecule has 1 amide bonds. The first-order valence-corrected chi connectivity index (χ1v) is 9.26. The highest BCUT2D eigenvalue weighted by molar-refractivity contribution is 8.04. The van der Waals surface area contributed by atoms with Crippen molar-refractivity contribution in [1.29, 1.82) is 5.26 Å². The van der Waals surface area contributed by atoms with Crippen molar-refractivity contribution < 1.29 is 31.1 Å². The highest BCUT2D eigenvalue weighted by atomic mass is 32.2. The number of carbonyl (C=O) groups excluding carboxylic acids is 1. The van der Waals surface area contributed by atoms with Crippen molar-refractivity contribution in [2.75, 3.05) is 0 Å². The molecule has 27 heavy (non-hydrogen) atoms. The van der Waals surface area contributed by atoms with Gasteiger partial charge in [0.25, 0.3) is 0 Å². The number of alkyl halides is 6. The Kier molecular flexibility index (Phi) is 5.87. The van der Waals surface area contributed by atoms with Crippen LogP contribution in [0.3, 0.4) is 0 Å². The van der Waals surface area contributed by atoms with Gasteiger partial charge in [-0.2, -0.15) is 31.6 Å². The largest absolute Gasteiger partial charge is 0.409 e. The minimum absolute atomic E-state index is 0.0137. The summed E-state index contributed by atoms with van der Waals surface area (Å²) in [4.78, 5) is 12.6. The van der Waals surface area contributed by atoms with Crippen LogP contribution in [0, 0.1) is 34.5 Å². The number of halogens is 6. The molecule has 0 saturated heterocycles. The molecule has 1 aliphatic heterocycles. The van der Waals surface area contributed by atoms with Gasteiger partial charge in [0, 0.05) is 0 Å². The van der Waals surface area contributed by atoms with E-state index in [0.29, 0.717) is 12.8 Å². The molecule has 0 spiro atoms. The number of hydrogen-bond acceptors (Lipinski definition) is 3. The van der Waals surface area contributed by atoms with Gasteiger partial charge in [0.2, 0.25) is 11.8 Å². The third-order valence-corrected chi connectivity index (χ3v) is 6.42. The van der Waals surface area contributed by atoms with Gasteiger partial charge < -0.3 is 5.32 Å². The van der Waals surface area contributed by atoms with E-state index in [2.05, 4.69) is 20.8 Å². The number of allylic oxidation sites excluding steroid dienone is 1. The molecule has 0 fully saturated rings. The van der Waals surface area contributed by atoms with E-state index in [4.69, 9.17) is 0 Å². The maximum Gasteiger partial charge on any atom is 0.409 e. The monoisotopic (exact) mass is 414 g/mol. The number of nitriles is 1. The van der Waals surface area contributed by atoms with Gasteiger partial charge in [0.1, 0.15) is 0 Å². The first kappa shape index (κ1) is 21.9. The summed E-state index contributed by atoms with van der Waals surface area (Å²) in [5.41, 5.74) is 0.712. The number of rotatable bonds is 2. The van der Waals surface area contributed by atoms with Crippen LogP contribution in [0.4, 0.5) is 26.3 Å². The normalized spacial score (nSPS) is 26.8. The molecule has 0 aromatic carbocycles. The van der Waals surface area contributed by atoms with Gasteiger partial charge in [-0.3, -0.25) is 4.79 Å². The van der Waals surface area contributed by atoms with Gasteiger partial charge in [-0.1, -0.05) is 20.8 Å². The second-order valence-corrected chi connectivity index (χ2v) is 9.16.